The summed E-state index contributed by atoms with van der Waals surface area (Å²) in [6, 6.07) is 7.09. The van der Waals surface area contributed by atoms with Crippen LogP contribution in [-0.4, -0.2) is 0 Å². The quantitative estimate of drug-likeness (QED) is 0.638. The van der Waals surface area contributed by atoms with E-state index in [0.717, 1.165) is 0 Å². The van der Waals surface area contributed by atoms with Gasteiger partial charge in [-0.2, -0.15) is 0 Å². The van der Waals surface area contributed by atoms with Gasteiger partial charge >= 0.3 is 0 Å². The lowest BCUT2D eigenvalue weighted by molar-refractivity contribution is 0.850. The molecule has 0 aromatic heterocycles. The van der Waals surface area contributed by atoms with Crippen LogP contribution in [0.1, 0.15) is 56.7 Å². The second kappa shape index (κ2) is 6.66. The van der Waals surface area contributed by atoms with E-state index in [0.29, 0.717) is 0 Å². The van der Waals surface area contributed by atoms with Gasteiger partial charge in [-0.15, -0.1) is 0 Å². The minimum atomic E-state index is 1.23. The molecule has 0 atom stereocenters. The van der Waals surface area contributed by atoms with Crippen LogP contribution in [0.2, 0.25) is 0 Å². The number of benzene rings is 1. The summed E-state index contributed by atoms with van der Waals surface area (Å²) in [5.74, 6) is 0. The summed E-state index contributed by atoms with van der Waals surface area (Å²) >= 11 is 0. The van der Waals surface area contributed by atoms with E-state index in [9.17, 15) is 0 Å². The molecule has 0 nitrogen and oxygen atoms in total. The molecule has 0 bridgehead atoms. The van der Waals surface area contributed by atoms with E-state index in [-0.39, 0.29) is 0 Å². The molecule has 0 fully saturated rings. The fourth-order valence-electron chi connectivity index (χ4n) is 2.14. The van der Waals surface area contributed by atoms with Crippen LogP contribution in [0.5, 0.6) is 0 Å². The molecule has 0 amide bonds. The van der Waals surface area contributed by atoms with Crippen molar-refractivity contribution in [2.24, 2.45) is 0 Å². The van der Waals surface area contributed by atoms with Gasteiger partial charge in [0.05, 0.1) is 0 Å². The van der Waals surface area contributed by atoms with E-state index in [1.807, 2.05) is 0 Å². The van der Waals surface area contributed by atoms with Crippen LogP contribution in [0.3, 0.4) is 0 Å². The van der Waals surface area contributed by atoms with E-state index < -0.39 is 0 Å². The average molecular weight is 204 g/mol. The molecule has 0 aliphatic rings. The van der Waals surface area contributed by atoms with Gasteiger partial charge in [-0.25, -0.2) is 0 Å². The lowest BCUT2D eigenvalue weighted by Crippen LogP contribution is -1.96. The van der Waals surface area contributed by atoms with E-state index in [4.69, 9.17) is 0 Å². The van der Waals surface area contributed by atoms with Crippen molar-refractivity contribution in [2.45, 2.75) is 59.3 Å². The predicted octanol–water partition coefficient (Wildman–Crippen LogP) is 4.54. The van der Waals surface area contributed by atoms with Crippen molar-refractivity contribution in [2.75, 3.05) is 0 Å². The Labute approximate surface area is 94.7 Å². The molecule has 0 saturated heterocycles. The fraction of sp³-hybridized carbons (Fsp3) is 0.600. The minimum Gasteiger partial charge on any atom is -0.0651 e. The molecule has 0 saturated carbocycles. The normalized spacial score (nSPS) is 10.6. The van der Waals surface area contributed by atoms with Gasteiger partial charge in [0.25, 0.3) is 0 Å². The third kappa shape index (κ3) is 3.70. The van der Waals surface area contributed by atoms with Crippen molar-refractivity contribution >= 4 is 0 Å². The summed E-state index contributed by atoms with van der Waals surface area (Å²) in [4.78, 5) is 0. The summed E-state index contributed by atoms with van der Waals surface area (Å²) < 4.78 is 0. The zero-order valence-corrected chi connectivity index (χ0v) is 10.5. The Hall–Kier alpha value is -0.780. The Bertz CT molecular complexity index is 286. The van der Waals surface area contributed by atoms with E-state index >= 15 is 0 Å². The molecule has 0 heterocycles. The minimum absolute atomic E-state index is 1.23. The highest BCUT2D eigenvalue weighted by Gasteiger charge is 2.02. The van der Waals surface area contributed by atoms with Crippen molar-refractivity contribution in [1.29, 1.82) is 0 Å². The molecule has 84 valence electrons. The van der Waals surface area contributed by atoms with Gasteiger partial charge in [-0.3, -0.25) is 0 Å². The Morgan fingerprint density at radius 1 is 0.733 bits per heavy atom. The van der Waals surface area contributed by atoms with Crippen molar-refractivity contribution in [1.82, 2.24) is 0 Å². The first kappa shape index (κ1) is 12.3. The summed E-state index contributed by atoms with van der Waals surface area (Å²) in [5, 5.41) is 0. The molecule has 15 heavy (non-hydrogen) atoms. The molecule has 0 unspecified atom stereocenters. The van der Waals surface area contributed by atoms with Gasteiger partial charge in [0.2, 0.25) is 0 Å². The molecular formula is C15H24. The predicted molar refractivity (Wildman–Crippen MR) is 68.4 cm³/mol. The SMILES string of the molecule is CCCc1ccc(CCC)c(CCC)c1. The zero-order valence-electron chi connectivity index (χ0n) is 10.5. The molecule has 0 N–H and O–H groups in total. The maximum Gasteiger partial charge on any atom is -0.0279 e. The fourth-order valence-corrected chi connectivity index (χ4v) is 2.14. The summed E-state index contributed by atoms with van der Waals surface area (Å²) in [6.45, 7) is 6.78. The van der Waals surface area contributed by atoms with Gasteiger partial charge < -0.3 is 0 Å². The lowest BCUT2D eigenvalue weighted by Gasteiger charge is -2.10. The Morgan fingerprint density at radius 3 is 1.93 bits per heavy atom. The number of rotatable bonds is 6. The van der Waals surface area contributed by atoms with Crippen LogP contribution in [0.4, 0.5) is 0 Å². The molecule has 0 aliphatic carbocycles. The second-order valence-corrected chi connectivity index (χ2v) is 4.35. The van der Waals surface area contributed by atoms with Crippen LogP contribution in [0.15, 0.2) is 18.2 Å². The Kier molecular flexibility index (Phi) is 5.45. The first-order valence-corrected chi connectivity index (χ1v) is 6.42. The molecular weight excluding hydrogens is 180 g/mol. The van der Waals surface area contributed by atoms with Crippen LogP contribution >= 0.6 is 0 Å². The summed E-state index contributed by atoms with van der Waals surface area (Å²) in [6.07, 6.45) is 7.46. The van der Waals surface area contributed by atoms with Gasteiger partial charge in [0.1, 0.15) is 0 Å². The topological polar surface area (TPSA) is 0 Å². The third-order valence-electron chi connectivity index (χ3n) is 2.85. The molecule has 1 rings (SSSR count). The third-order valence-corrected chi connectivity index (χ3v) is 2.85. The lowest BCUT2D eigenvalue weighted by atomic mass is 9.96. The largest absolute Gasteiger partial charge is 0.0651 e. The Balaban J connectivity index is 2.87. The van der Waals surface area contributed by atoms with Crippen molar-refractivity contribution in [3.05, 3.63) is 34.9 Å². The van der Waals surface area contributed by atoms with Crippen LogP contribution in [0, 0.1) is 0 Å². The standard InChI is InChI=1S/C15H24/c1-4-7-13-10-11-14(8-5-2)15(12-13)9-6-3/h10-12H,4-9H2,1-3H3. The Morgan fingerprint density at radius 2 is 1.33 bits per heavy atom. The smallest absolute Gasteiger partial charge is 0.0279 e. The number of hydrogen-bond acceptors (Lipinski definition) is 0. The van der Waals surface area contributed by atoms with Crippen molar-refractivity contribution in [3.8, 4) is 0 Å². The van der Waals surface area contributed by atoms with E-state index in [1.165, 1.54) is 44.1 Å². The first-order valence-electron chi connectivity index (χ1n) is 6.42. The molecule has 1 aromatic rings. The molecule has 0 radical (unpaired) electrons. The van der Waals surface area contributed by atoms with E-state index in [1.54, 1.807) is 11.1 Å². The monoisotopic (exact) mass is 204 g/mol. The van der Waals surface area contributed by atoms with E-state index in [2.05, 4.69) is 39.0 Å². The molecule has 0 heteroatoms. The van der Waals surface area contributed by atoms with Gasteiger partial charge in [-0.1, -0.05) is 58.2 Å². The summed E-state index contributed by atoms with van der Waals surface area (Å²) in [5.41, 5.74) is 4.67. The van der Waals surface area contributed by atoms with Crippen LogP contribution < -0.4 is 0 Å². The van der Waals surface area contributed by atoms with Gasteiger partial charge in [0, 0.05) is 0 Å². The maximum absolute atomic E-state index is 2.43. The molecule has 0 spiro atoms. The highest BCUT2D eigenvalue weighted by atomic mass is 14.1. The summed E-state index contributed by atoms with van der Waals surface area (Å²) in [7, 11) is 0. The van der Waals surface area contributed by atoms with Crippen LogP contribution in [-0.2, 0) is 19.3 Å². The molecule has 0 aliphatic heterocycles. The molecule has 1 aromatic carbocycles. The maximum atomic E-state index is 2.43. The zero-order chi connectivity index (χ0) is 11.1. The van der Waals surface area contributed by atoms with Crippen molar-refractivity contribution < 1.29 is 0 Å². The second-order valence-electron chi connectivity index (χ2n) is 4.35. The van der Waals surface area contributed by atoms with Crippen LogP contribution in [0.25, 0.3) is 0 Å². The highest BCUT2D eigenvalue weighted by molar-refractivity contribution is 5.32. The first-order chi connectivity index (χ1) is 7.31. The number of hydrogen-bond donors (Lipinski definition) is 0. The van der Waals surface area contributed by atoms with Gasteiger partial charge in [0.15, 0.2) is 0 Å². The highest BCUT2D eigenvalue weighted by Crippen LogP contribution is 2.17. The number of aryl methyl sites for hydroxylation is 3. The van der Waals surface area contributed by atoms with Gasteiger partial charge in [-0.05, 0) is 36.0 Å². The average Bonchev–Trinajstić information content (AvgIpc) is 2.23. The van der Waals surface area contributed by atoms with Crippen molar-refractivity contribution in [3.63, 3.8) is 0 Å².